The first-order valence-corrected chi connectivity index (χ1v) is 8.62. The number of aryl methyl sites for hydroxylation is 1. The Hall–Kier alpha value is -1.73. The summed E-state index contributed by atoms with van der Waals surface area (Å²) in [6, 6.07) is 1.96. The summed E-state index contributed by atoms with van der Waals surface area (Å²) < 4.78 is 10.4. The van der Waals surface area contributed by atoms with Gasteiger partial charge in [0, 0.05) is 31.3 Å². The molecule has 7 nitrogen and oxygen atoms in total. The molecule has 0 spiro atoms. The van der Waals surface area contributed by atoms with E-state index in [0.717, 1.165) is 44.8 Å². The van der Waals surface area contributed by atoms with Crippen LogP contribution in [0.4, 0.5) is 10.6 Å². The Morgan fingerprint density at radius 3 is 2.71 bits per heavy atom. The van der Waals surface area contributed by atoms with Gasteiger partial charge in [-0.05, 0) is 39.8 Å². The lowest BCUT2D eigenvalue weighted by atomic mass is 9.93. The highest BCUT2D eigenvalue weighted by molar-refractivity contribution is 5.88. The fourth-order valence-corrected chi connectivity index (χ4v) is 3.39. The molecule has 24 heavy (non-hydrogen) atoms. The number of likely N-dealkylation sites (tertiary alicyclic amines) is 1. The predicted octanol–water partition coefficient (Wildman–Crippen LogP) is 1.96. The number of ether oxygens (including phenoxy) is 2. The number of hydrogen-bond acceptors (Lipinski definition) is 6. The monoisotopic (exact) mass is 334 g/mol. The van der Waals surface area contributed by atoms with Crippen molar-refractivity contribution in [3.8, 4) is 0 Å². The van der Waals surface area contributed by atoms with E-state index in [0.29, 0.717) is 24.1 Å². The first-order chi connectivity index (χ1) is 11.6. The number of hydrogen-bond donors (Lipinski definition) is 0. The summed E-state index contributed by atoms with van der Waals surface area (Å²) in [5, 5.41) is 0. The van der Waals surface area contributed by atoms with Crippen LogP contribution in [-0.4, -0.2) is 67.0 Å². The maximum Gasteiger partial charge on any atom is 0.415 e. The van der Waals surface area contributed by atoms with E-state index in [9.17, 15) is 4.79 Å². The molecule has 0 bridgehead atoms. The number of carbonyl (C=O) groups is 1. The Morgan fingerprint density at radius 2 is 2.08 bits per heavy atom. The molecule has 7 heteroatoms. The molecule has 0 radical (unpaired) electrons. The van der Waals surface area contributed by atoms with Crippen LogP contribution in [0.15, 0.2) is 6.07 Å². The molecule has 1 amide bonds. The maximum atomic E-state index is 12.0. The van der Waals surface area contributed by atoms with Crippen LogP contribution < -0.4 is 4.90 Å². The summed E-state index contributed by atoms with van der Waals surface area (Å²) in [5.41, 5.74) is 1.04. The van der Waals surface area contributed by atoms with Crippen molar-refractivity contribution in [2.24, 2.45) is 0 Å². The number of nitrogens with zero attached hydrogens (tertiary/aromatic N) is 4. The third kappa shape index (κ3) is 3.84. The van der Waals surface area contributed by atoms with E-state index >= 15 is 0 Å². The number of carbonyl (C=O) groups excluding carboxylic acids is 1. The van der Waals surface area contributed by atoms with Gasteiger partial charge in [0.2, 0.25) is 0 Å². The Morgan fingerprint density at radius 1 is 1.33 bits per heavy atom. The van der Waals surface area contributed by atoms with Gasteiger partial charge in [0.05, 0.1) is 13.2 Å². The minimum Gasteiger partial charge on any atom is -0.444 e. The Kier molecular flexibility index (Phi) is 5.30. The first-order valence-electron chi connectivity index (χ1n) is 8.62. The van der Waals surface area contributed by atoms with E-state index in [2.05, 4.69) is 14.9 Å². The first kappa shape index (κ1) is 17.1. The molecule has 2 aliphatic rings. The van der Waals surface area contributed by atoms with Crippen molar-refractivity contribution in [2.75, 3.05) is 44.8 Å². The number of anilines is 1. The third-order valence-electron chi connectivity index (χ3n) is 4.70. The zero-order valence-electron chi connectivity index (χ0n) is 14.7. The number of rotatable bonds is 5. The fourth-order valence-electron chi connectivity index (χ4n) is 3.39. The molecule has 0 aromatic carbocycles. The van der Waals surface area contributed by atoms with Crippen molar-refractivity contribution in [1.29, 1.82) is 0 Å². The van der Waals surface area contributed by atoms with Crippen LogP contribution in [0.3, 0.4) is 0 Å². The average Bonchev–Trinajstić information content (AvgIpc) is 2.91. The highest BCUT2D eigenvalue weighted by atomic mass is 16.6. The molecule has 0 aliphatic carbocycles. The van der Waals surface area contributed by atoms with Crippen molar-refractivity contribution in [3.63, 3.8) is 0 Å². The van der Waals surface area contributed by atoms with Crippen LogP contribution in [-0.2, 0) is 9.47 Å². The maximum absolute atomic E-state index is 12.0. The minimum absolute atomic E-state index is 0.0970. The van der Waals surface area contributed by atoms with Gasteiger partial charge in [0.15, 0.2) is 0 Å². The SMILES string of the molecule is COCCN1CCC(c2cc(N3C[C@@H](C)OC3=O)nc(C)n2)CC1. The third-order valence-corrected chi connectivity index (χ3v) is 4.70. The molecule has 1 atom stereocenters. The van der Waals surface area contributed by atoms with Gasteiger partial charge in [-0.3, -0.25) is 4.90 Å². The van der Waals surface area contributed by atoms with E-state index in [4.69, 9.17) is 9.47 Å². The van der Waals surface area contributed by atoms with Crippen LogP contribution in [0.2, 0.25) is 0 Å². The van der Waals surface area contributed by atoms with Crippen molar-refractivity contribution < 1.29 is 14.3 Å². The van der Waals surface area contributed by atoms with E-state index < -0.39 is 0 Å². The fraction of sp³-hybridized carbons (Fsp3) is 0.706. The minimum atomic E-state index is -0.319. The van der Waals surface area contributed by atoms with Crippen molar-refractivity contribution in [3.05, 3.63) is 17.6 Å². The molecule has 0 unspecified atom stereocenters. The number of cyclic esters (lactones) is 1. The van der Waals surface area contributed by atoms with Crippen LogP contribution in [0.25, 0.3) is 0 Å². The second-order valence-corrected chi connectivity index (χ2v) is 6.61. The van der Waals surface area contributed by atoms with Crippen LogP contribution in [0, 0.1) is 6.92 Å². The van der Waals surface area contributed by atoms with Crippen LogP contribution in [0.5, 0.6) is 0 Å². The van der Waals surface area contributed by atoms with Gasteiger partial charge in [-0.2, -0.15) is 0 Å². The van der Waals surface area contributed by atoms with Gasteiger partial charge in [0.1, 0.15) is 17.7 Å². The second-order valence-electron chi connectivity index (χ2n) is 6.61. The standard InChI is InChI=1S/C17H26N4O3/c1-12-11-21(17(22)24-12)16-10-15(18-13(2)19-16)14-4-6-20(7-5-14)8-9-23-3/h10,12,14H,4-9,11H2,1-3H3/t12-/m1/s1. The number of piperidine rings is 1. The highest BCUT2D eigenvalue weighted by Gasteiger charge is 2.31. The van der Waals surface area contributed by atoms with Gasteiger partial charge >= 0.3 is 6.09 Å². The largest absolute Gasteiger partial charge is 0.444 e. The summed E-state index contributed by atoms with van der Waals surface area (Å²) in [4.78, 5) is 25.1. The van der Waals surface area contributed by atoms with Crippen LogP contribution >= 0.6 is 0 Å². The van der Waals surface area contributed by atoms with E-state index in [1.165, 1.54) is 0 Å². The normalized spacial score (nSPS) is 22.9. The summed E-state index contributed by atoms with van der Waals surface area (Å²) in [6.07, 6.45) is 1.72. The predicted molar refractivity (Wildman–Crippen MR) is 90.3 cm³/mol. The number of methoxy groups -OCH3 is 1. The molecule has 2 saturated heterocycles. The molecule has 3 heterocycles. The van der Waals surface area contributed by atoms with Gasteiger partial charge in [-0.15, -0.1) is 0 Å². The smallest absolute Gasteiger partial charge is 0.415 e. The van der Waals surface area contributed by atoms with E-state index in [1.807, 2.05) is 19.9 Å². The molecule has 3 rings (SSSR count). The molecule has 1 aromatic heterocycles. The van der Waals surface area contributed by atoms with E-state index in [1.54, 1.807) is 12.0 Å². The summed E-state index contributed by atoms with van der Waals surface area (Å²) >= 11 is 0. The van der Waals surface area contributed by atoms with E-state index in [-0.39, 0.29) is 12.2 Å². The molecular weight excluding hydrogens is 308 g/mol. The quantitative estimate of drug-likeness (QED) is 0.820. The zero-order chi connectivity index (χ0) is 17.1. The second kappa shape index (κ2) is 7.44. The van der Waals surface area contributed by atoms with Crippen molar-refractivity contribution in [1.82, 2.24) is 14.9 Å². The Labute approximate surface area is 143 Å². The molecular formula is C17H26N4O3. The number of amides is 1. The van der Waals surface area contributed by atoms with Gasteiger partial charge < -0.3 is 14.4 Å². The van der Waals surface area contributed by atoms with Gasteiger partial charge in [-0.1, -0.05) is 0 Å². The molecule has 2 aliphatic heterocycles. The van der Waals surface area contributed by atoms with Gasteiger partial charge in [-0.25, -0.2) is 14.8 Å². The lowest BCUT2D eigenvalue weighted by Crippen LogP contribution is -2.35. The van der Waals surface area contributed by atoms with Crippen LogP contribution in [0.1, 0.15) is 37.2 Å². The summed E-state index contributed by atoms with van der Waals surface area (Å²) in [6.45, 7) is 8.17. The Balaban J connectivity index is 1.70. The number of aromatic nitrogens is 2. The average molecular weight is 334 g/mol. The molecule has 1 aromatic rings. The summed E-state index contributed by atoms with van der Waals surface area (Å²) in [7, 11) is 1.74. The highest BCUT2D eigenvalue weighted by Crippen LogP contribution is 2.29. The van der Waals surface area contributed by atoms with Crippen molar-refractivity contribution in [2.45, 2.75) is 38.7 Å². The zero-order valence-corrected chi connectivity index (χ0v) is 14.7. The lowest BCUT2D eigenvalue weighted by molar-refractivity contribution is 0.130. The summed E-state index contributed by atoms with van der Waals surface area (Å²) in [5.74, 6) is 1.78. The van der Waals surface area contributed by atoms with Gasteiger partial charge in [0.25, 0.3) is 0 Å². The topological polar surface area (TPSA) is 67.8 Å². The van der Waals surface area contributed by atoms with Crippen molar-refractivity contribution >= 4 is 11.9 Å². The Bertz CT molecular complexity index is 587. The lowest BCUT2D eigenvalue weighted by Gasteiger charge is -2.31. The molecule has 0 saturated carbocycles. The molecule has 132 valence electrons. The molecule has 2 fully saturated rings. The molecule has 0 N–H and O–H groups in total.